The van der Waals surface area contributed by atoms with E-state index in [0.717, 1.165) is 24.0 Å². The van der Waals surface area contributed by atoms with Crippen molar-refractivity contribution in [3.63, 3.8) is 0 Å². The number of carboxylic acids is 1. The zero-order chi connectivity index (χ0) is 19.0. The van der Waals surface area contributed by atoms with Gasteiger partial charge in [0.1, 0.15) is 5.71 Å². The molecule has 0 heterocycles. The van der Waals surface area contributed by atoms with Crippen LogP contribution in [0, 0.1) is 5.41 Å². The number of allylic oxidation sites excluding steroid dienone is 5. The Hall–Kier alpha value is -2.62. The molecular weight excluding hydrogens is 326 g/mol. The van der Waals surface area contributed by atoms with E-state index in [9.17, 15) is 10.0 Å². The number of carbonyl (C=O) groups is 1. The largest absolute Gasteiger partial charge is 0.478 e. The van der Waals surface area contributed by atoms with Crippen LogP contribution in [0.4, 0.5) is 0 Å². The van der Waals surface area contributed by atoms with Crippen molar-refractivity contribution in [3.05, 3.63) is 65.3 Å². The predicted molar refractivity (Wildman–Crippen MR) is 106 cm³/mol. The SMILES string of the molecule is CC1(C)C/C=C(C(/C=C/c2ccc(C(=O)O)cc2)=N\O)\C=C/CCCC1. The van der Waals surface area contributed by atoms with Gasteiger partial charge in [0.15, 0.2) is 0 Å². The van der Waals surface area contributed by atoms with Gasteiger partial charge in [0.25, 0.3) is 0 Å². The van der Waals surface area contributed by atoms with Gasteiger partial charge in [0.05, 0.1) is 5.56 Å². The van der Waals surface area contributed by atoms with Crippen molar-refractivity contribution in [2.75, 3.05) is 0 Å². The summed E-state index contributed by atoms with van der Waals surface area (Å²) >= 11 is 0. The van der Waals surface area contributed by atoms with Gasteiger partial charge in [-0.05, 0) is 60.4 Å². The van der Waals surface area contributed by atoms with E-state index in [4.69, 9.17) is 5.11 Å². The van der Waals surface area contributed by atoms with E-state index in [1.807, 2.05) is 12.2 Å². The summed E-state index contributed by atoms with van der Waals surface area (Å²) in [7, 11) is 0. The number of benzene rings is 1. The maximum atomic E-state index is 10.9. The molecule has 1 aromatic rings. The average Bonchev–Trinajstić information content (AvgIpc) is 2.62. The molecule has 0 bridgehead atoms. The molecule has 26 heavy (non-hydrogen) atoms. The van der Waals surface area contributed by atoms with Gasteiger partial charge in [0, 0.05) is 0 Å². The lowest BCUT2D eigenvalue weighted by Crippen LogP contribution is -2.11. The Balaban J connectivity index is 2.20. The van der Waals surface area contributed by atoms with Crippen molar-refractivity contribution < 1.29 is 15.1 Å². The molecule has 1 aliphatic carbocycles. The Bertz CT molecular complexity index is 737. The molecule has 1 aromatic carbocycles. The molecule has 4 nitrogen and oxygen atoms in total. The smallest absolute Gasteiger partial charge is 0.335 e. The number of oxime groups is 1. The van der Waals surface area contributed by atoms with Crippen LogP contribution in [-0.2, 0) is 0 Å². The first-order valence-corrected chi connectivity index (χ1v) is 9.02. The number of carboxylic acid groups (broad SMARTS) is 1. The summed E-state index contributed by atoms with van der Waals surface area (Å²) in [6.45, 7) is 4.53. The van der Waals surface area contributed by atoms with Crippen molar-refractivity contribution in [3.8, 4) is 0 Å². The number of aromatic carboxylic acids is 1. The van der Waals surface area contributed by atoms with Gasteiger partial charge < -0.3 is 10.3 Å². The van der Waals surface area contributed by atoms with E-state index in [-0.39, 0.29) is 11.0 Å². The minimum atomic E-state index is -0.947. The zero-order valence-electron chi connectivity index (χ0n) is 15.5. The Morgan fingerprint density at radius 1 is 1.19 bits per heavy atom. The summed E-state index contributed by atoms with van der Waals surface area (Å²) in [4.78, 5) is 10.9. The molecule has 0 spiro atoms. The van der Waals surface area contributed by atoms with E-state index in [1.165, 1.54) is 19.3 Å². The van der Waals surface area contributed by atoms with Crippen LogP contribution in [0.2, 0.25) is 0 Å². The Morgan fingerprint density at radius 2 is 1.92 bits per heavy atom. The van der Waals surface area contributed by atoms with Crippen LogP contribution in [0.3, 0.4) is 0 Å². The molecule has 0 amide bonds. The second-order valence-corrected chi connectivity index (χ2v) is 7.42. The standard InChI is InChI=1S/C22H27NO3/c1-22(2)15-6-4-3-5-7-18(14-16-22)20(23-26)13-10-17-8-11-19(12-9-17)21(24)25/h5,7-14,26H,3-4,6,15-16H2,1-2H3,(H,24,25)/b7-5-,13-10+,18-14+,23-20-. The summed E-state index contributed by atoms with van der Waals surface area (Å²) in [6.07, 6.45) is 15.4. The summed E-state index contributed by atoms with van der Waals surface area (Å²) < 4.78 is 0. The Labute approximate surface area is 155 Å². The number of rotatable bonds is 4. The minimum absolute atomic E-state index is 0.230. The van der Waals surface area contributed by atoms with Gasteiger partial charge in [-0.15, -0.1) is 0 Å². The van der Waals surface area contributed by atoms with Gasteiger partial charge in [-0.3, -0.25) is 0 Å². The maximum Gasteiger partial charge on any atom is 0.335 e. The zero-order valence-corrected chi connectivity index (χ0v) is 15.5. The van der Waals surface area contributed by atoms with E-state index < -0.39 is 5.97 Å². The van der Waals surface area contributed by atoms with Crippen molar-refractivity contribution in [1.29, 1.82) is 0 Å². The average molecular weight is 353 g/mol. The third kappa shape index (κ3) is 6.03. The van der Waals surface area contributed by atoms with E-state index in [0.29, 0.717) is 5.71 Å². The van der Waals surface area contributed by atoms with Crippen LogP contribution < -0.4 is 0 Å². The van der Waals surface area contributed by atoms with Gasteiger partial charge in [-0.25, -0.2) is 4.79 Å². The quantitative estimate of drug-likeness (QED) is 0.414. The highest BCUT2D eigenvalue weighted by molar-refractivity contribution is 6.11. The molecule has 0 aliphatic heterocycles. The third-order valence-corrected chi connectivity index (χ3v) is 4.64. The fourth-order valence-corrected chi connectivity index (χ4v) is 2.92. The highest BCUT2D eigenvalue weighted by atomic mass is 16.4. The molecule has 2 N–H and O–H groups in total. The molecule has 0 fully saturated rings. The van der Waals surface area contributed by atoms with Gasteiger partial charge in [0.2, 0.25) is 0 Å². The summed E-state index contributed by atoms with van der Waals surface area (Å²) in [6, 6.07) is 6.58. The molecule has 1 aliphatic rings. The molecule has 0 saturated carbocycles. The van der Waals surface area contributed by atoms with Crippen molar-refractivity contribution in [2.24, 2.45) is 10.6 Å². The topological polar surface area (TPSA) is 69.9 Å². The second kappa shape index (κ2) is 9.18. The molecule has 0 unspecified atom stereocenters. The van der Waals surface area contributed by atoms with Gasteiger partial charge >= 0.3 is 5.97 Å². The maximum absolute atomic E-state index is 10.9. The summed E-state index contributed by atoms with van der Waals surface area (Å²) in [5.41, 5.74) is 2.73. The number of nitrogens with zero attached hydrogens (tertiary/aromatic N) is 1. The molecule has 138 valence electrons. The van der Waals surface area contributed by atoms with E-state index in [1.54, 1.807) is 30.3 Å². The van der Waals surface area contributed by atoms with Crippen LogP contribution in [0.25, 0.3) is 6.08 Å². The Morgan fingerprint density at radius 3 is 2.58 bits per heavy atom. The highest BCUT2D eigenvalue weighted by Gasteiger charge is 2.17. The molecular formula is C22H27NO3. The number of hydrogen-bond donors (Lipinski definition) is 2. The van der Waals surface area contributed by atoms with Crippen LogP contribution in [0.5, 0.6) is 0 Å². The summed E-state index contributed by atoms with van der Waals surface area (Å²) in [5, 5.41) is 21.9. The van der Waals surface area contributed by atoms with Gasteiger partial charge in [-0.2, -0.15) is 0 Å². The first-order valence-electron chi connectivity index (χ1n) is 9.02. The fraction of sp³-hybridized carbons (Fsp3) is 0.364. The second-order valence-electron chi connectivity index (χ2n) is 7.42. The van der Waals surface area contributed by atoms with Gasteiger partial charge in [-0.1, -0.05) is 61.9 Å². The van der Waals surface area contributed by atoms with Crippen molar-refractivity contribution >= 4 is 17.8 Å². The fourth-order valence-electron chi connectivity index (χ4n) is 2.92. The molecule has 0 radical (unpaired) electrons. The monoisotopic (exact) mass is 353 g/mol. The van der Waals surface area contributed by atoms with E-state index in [2.05, 4.69) is 31.2 Å². The Kier molecular flexibility index (Phi) is 6.96. The summed E-state index contributed by atoms with van der Waals surface area (Å²) in [5.74, 6) is -0.947. The lowest BCUT2D eigenvalue weighted by molar-refractivity contribution is 0.0697. The van der Waals surface area contributed by atoms with E-state index >= 15 is 0 Å². The van der Waals surface area contributed by atoms with Crippen LogP contribution >= 0.6 is 0 Å². The highest BCUT2D eigenvalue weighted by Crippen LogP contribution is 2.30. The lowest BCUT2D eigenvalue weighted by atomic mass is 9.82. The molecule has 0 atom stereocenters. The first-order chi connectivity index (χ1) is 12.4. The van der Waals surface area contributed by atoms with Crippen molar-refractivity contribution in [2.45, 2.75) is 46.0 Å². The molecule has 0 aromatic heterocycles. The van der Waals surface area contributed by atoms with Crippen molar-refractivity contribution in [1.82, 2.24) is 0 Å². The normalized spacial score (nSPS) is 21.8. The van der Waals surface area contributed by atoms with Crippen LogP contribution in [-0.4, -0.2) is 22.0 Å². The molecule has 0 saturated heterocycles. The molecule has 4 heteroatoms. The first kappa shape index (κ1) is 19.7. The number of hydrogen-bond acceptors (Lipinski definition) is 3. The van der Waals surface area contributed by atoms with Crippen LogP contribution in [0.1, 0.15) is 61.9 Å². The lowest BCUT2D eigenvalue weighted by Gasteiger charge is -2.23. The minimum Gasteiger partial charge on any atom is -0.478 e. The molecule has 2 rings (SSSR count). The third-order valence-electron chi connectivity index (χ3n) is 4.64. The van der Waals surface area contributed by atoms with Crippen LogP contribution in [0.15, 0.2) is 59.3 Å². The predicted octanol–water partition coefficient (Wildman–Crippen LogP) is 5.70.